The van der Waals surface area contributed by atoms with Crippen LogP contribution >= 0.6 is 0 Å². The molecule has 4 saturated carbocycles. The summed E-state index contributed by atoms with van der Waals surface area (Å²) in [6.45, 7) is 15.4. The molecule has 6 N–H and O–H groups in total. The second-order valence-corrected chi connectivity index (χ2v) is 16.7. The summed E-state index contributed by atoms with van der Waals surface area (Å²) in [7, 11) is 0. The Morgan fingerprint density at radius 2 is 1.64 bits per heavy atom. The van der Waals surface area contributed by atoms with Crippen molar-refractivity contribution >= 4 is 5.97 Å². The van der Waals surface area contributed by atoms with Gasteiger partial charge in [0.25, 0.3) is 0 Å². The van der Waals surface area contributed by atoms with Gasteiger partial charge in [-0.05, 0) is 91.8 Å². The SMILES string of the molecule is C=C1C(C)CCC2(C(=O)OC3OC(CO)C(O)C(O)C3O)CCC3(C)C(=CCC4C5(C)CCC(O)C(C)(CO)C5CCC43C)C12. The maximum atomic E-state index is 14.4. The Labute approximate surface area is 267 Å². The van der Waals surface area contributed by atoms with Crippen LogP contribution in [0.3, 0.4) is 0 Å². The first kappa shape index (κ1) is 33.6. The largest absolute Gasteiger partial charge is 0.432 e. The summed E-state index contributed by atoms with van der Waals surface area (Å²) < 4.78 is 11.5. The van der Waals surface area contributed by atoms with Crippen LogP contribution in [0, 0.1) is 50.7 Å². The second-order valence-electron chi connectivity index (χ2n) is 16.7. The average molecular weight is 633 g/mol. The molecule has 0 amide bonds. The number of fused-ring (bicyclic) bond motifs is 7. The van der Waals surface area contributed by atoms with E-state index in [1.54, 1.807) is 0 Å². The minimum Gasteiger partial charge on any atom is -0.432 e. The summed E-state index contributed by atoms with van der Waals surface area (Å²) in [5.74, 6) is 0.0672. The van der Waals surface area contributed by atoms with Gasteiger partial charge >= 0.3 is 5.97 Å². The molecule has 1 heterocycles. The van der Waals surface area contributed by atoms with Gasteiger partial charge in [-0.1, -0.05) is 58.4 Å². The molecule has 9 heteroatoms. The van der Waals surface area contributed by atoms with E-state index >= 15 is 0 Å². The molecule has 5 fully saturated rings. The van der Waals surface area contributed by atoms with Crippen molar-refractivity contribution in [1.82, 2.24) is 0 Å². The fraction of sp³-hybridized carbons (Fsp3) is 0.861. The van der Waals surface area contributed by atoms with Crippen molar-refractivity contribution in [3.05, 3.63) is 23.8 Å². The number of carbonyl (C=O) groups excluding carboxylic acids is 1. The Morgan fingerprint density at radius 1 is 0.933 bits per heavy atom. The topological polar surface area (TPSA) is 157 Å². The predicted octanol–water partition coefficient (Wildman–Crippen LogP) is 3.24. The van der Waals surface area contributed by atoms with Crippen LogP contribution in [-0.4, -0.2) is 86.6 Å². The van der Waals surface area contributed by atoms with Crippen LogP contribution < -0.4 is 0 Å². The maximum absolute atomic E-state index is 14.4. The molecule has 254 valence electrons. The maximum Gasteiger partial charge on any atom is 0.315 e. The molecule has 0 aromatic heterocycles. The molecule has 0 bridgehead atoms. The van der Waals surface area contributed by atoms with E-state index in [1.165, 1.54) is 5.57 Å². The van der Waals surface area contributed by atoms with Gasteiger partial charge in [-0.25, -0.2) is 0 Å². The smallest absolute Gasteiger partial charge is 0.315 e. The van der Waals surface area contributed by atoms with Crippen molar-refractivity contribution in [3.8, 4) is 0 Å². The highest BCUT2D eigenvalue weighted by Crippen LogP contribution is 2.75. The summed E-state index contributed by atoms with van der Waals surface area (Å²) in [6.07, 6.45) is 1.57. The number of allylic oxidation sites excluding steroid dienone is 3. The second kappa shape index (κ2) is 11.1. The fourth-order valence-corrected chi connectivity index (χ4v) is 11.8. The lowest BCUT2D eigenvalue weighted by Crippen LogP contribution is -2.66. The number of aliphatic hydroxyl groups excluding tert-OH is 6. The number of ether oxygens (including phenoxy) is 2. The molecule has 1 aliphatic heterocycles. The van der Waals surface area contributed by atoms with Crippen molar-refractivity contribution < 1.29 is 44.9 Å². The third-order valence-corrected chi connectivity index (χ3v) is 15.1. The van der Waals surface area contributed by atoms with Crippen molar-refractivity contribution in [2.75, 3.05) is 13.2 Å². The van der Waals surface area contributed by atoms with E-state index in [0.717, 1.165) is 44.1 Å². The van der Waals surface area contributed by atoms with Crippen molar-refractivity contribution in [1.29, 1.82) is 0 Å². The van der Waals surface area contributed by atoms with Gasteiger partial charge in [0.1, 0.15) is 24.4 Å². The van der Waals surface area contributed by atoms with E-state index in [4.69, 9.17) is 9.47 Å². The molecule has 0 aromatic rings. The van der Waals surface area contributed by atoms with E-state index in [-0.39, 0.29) is 40.6 Å². The predicted molar refractivity (Wildman–Crippen MR) is 166 cm³/mol. The first-order valence-corrected chi connectivity index (χ1v) is 17.3. The normalized spacial score (nSPS) is 54.6. The Morgan fingerprint density at radius 3 is 2.31 bits per heavy atom. The summed E-state index contributed by atoms with van der Waals surface area (Å²) >= 11 is 0. The lowest BCUT2D eigenvalue weighted by molar-refractivity contribution is -0.297. The molecule has 15 unspecified atom stereocenters. The molecule has 6 rings (SSSR count). The highest BCUT2D eigenvalue weighted by atomic mass is 16.7. The Hall–Kier alpha value is -1.33. The van der Waals surface area contributed by atoms with Crippen LogP contribution in [0.15, 0.2) is 23.8 Å². The van der Waals surface area contributed by atoms with Gasteiger partial charge in [0, 0.05) is 11.3 Å². The summed E-state index contributed by atoms with van der Waals surface area (Å²) in [6, 6.07) is 0. The van der Waals surface area contributed by atoms with Gasteiger partial charge in [0.15, 0.2) is 0 Å². The zero-order valence-electron chi connectivity index (χ0n) is 27.7. The molecule has 0 aromatic carbocycles. The first-order chi connectivity index (χ1) is 21.1. The molecule has 6 aliphatic rings. The van der Waals surface area contributed by atoms with Gasteiger partial charge in [0.2, 0.25) is 6.29 Å². The molecule has 5 aliphatic carbocycles. The van der Waals surface area contributed by atoms with Crippen LogP contribution in [0.4, 0.5) is 0 Å². The third kappa shape index (κ3) is 4.40. The molecule has 45 heavy (non-hydrogen) atoms. The lowest BCUT2D eigenvalue weighted by Gasteiger charge is -2.71. The van der Waals surface area contributed by atoms with Gasteiger partial charge < -0.3 is 40.1 Å². The highest BCUT2D eigenvalue weighted by molar-refractivity contribution is 5.80. The Kier molecular flexibility index (Phi) is 8.29. The quantitative estimate of drug-likeness (QED) is 0.202. The summed E-state index contributed by atoms with van der Waals surface area (Å²) in [4.78, 5) is 14.4. The van der Waals surface area contributed by atoms with Crippen LogP contribution in [0.1, 0.15) is 92.4 Å². The minimum atomic E-state index is -1.65. The number of carbonyl (C=O) groups is 1. The van der Waals surface area contributed by atoms with Crippen LogP contribution in [-0.2, 0) is 14.3 Å². The number of aliphatic hydroxyl groups is 6. The highest BCUT2D eigenvalue weighted by Gasteiger charge is 2.70. The van der Waals surface area contributed by atoms with Crippen LogP contribution in [0.25, 0.3) is 0 Å². The van der Waals surface area contributed by atoms with Crippen molar-refractivity contribution in [3.63, 3.8) is 0 Å². The number of esters is 1. The zero-order valence-corrected chi connectivity index (χ0v) is 27.7. The third-order valence-electron chi connectivity index (χ3n) is 15.1. The minimum absolute atomic E-state index is 0.0188. The number of hydrogen-bond acceptors (Lipinski definition) is 9. The fourth-order valence-electron chi connectivity index (χ4n) is 11.8. The van der Waals surface area contributed by atoms with E-state index in [9.17, 15) is 35.4 Å². The Balaban J connectivity index is 1.36. The van der Waals surface area contributed by atoms with Crippen LogP contribution in [0.5, 0.6) is 0 Å². The number of hydrogen-bond donors (Lipinski definition) is 6. The molecule has 9 nitrogen and oxygen atoms in total. The van der Waals surface area contributed by atoms with E-state index < -0.39 is 60.2 Å². The molecule has 0 radical (unpaired) electrons. The van der Waals surface area contributed by atoms with E-state index in [0.29, 0.717) is 25.2 Å². The van der Waals surface area contributed by atoms with Gasteiger partial charge in [0.05, 0.1) is 24.7 Å². The van der Waals surface area contributed by atoms with E-state index in [1.807, 2.05) is 0 Å². The molecular weight excluding hydrogens is 576 g/mol. The Bertz CT molecular complexity index is 1230. The summed E-state index contributed by atoms with van der Waals surface area (Å²) in [5, 5.41) is 62.6. The van der Waals surface area contributed by atoms with Crippen molar-refractivity contribution in [2.24, 2.45) is 50.7 Å². The summed E-state index contributed by atoms with van der Waals surface area (Å²) in [5.41, 5.74) is 0.562. The van der Waals surface area contributed by atoms with E-state index in [2.05, 4.69) is 47.3 Å². The van der Waals surface area contributed by atoms with Crippen LogP contribution in [0.2, 0.25) is 0 Å². The average Bonchev–Trinajstić information content (AvgIpc) is 3.01. The molecular formula is C36H56O9. The first-order valence-electron chi connectivity index (χ1n) is 17.3. The molecule has 0 spiro atoms. The standard InChI is InChI=1S/C36H56O9/c1-19-9-14-36(31(43)45-30-29(42)28(41)27(40)22(17-37)44-30)16-15-34(5)21(26(36)20(19)2)7-8-24-32(3)12-11-25(39)33(4,18-38)23(32)10-13-35(24,34)6/h7,19,22-30,37-42H,2,8-18H2,1,3-6H3. The van der Waals surface area contributed by atoms with Gasteiger partial charge in [-0.3, -0.25) is 4.79 Å². The molecule has 15 atom stereocenters. The van der Waals surface area contributed by atoms with Crippen molar-refractivity contribution in [2.45, 2.75) is 129 Å². The van der Waals surface area contributed by atoms with Gasteiger partial charge in [-0.15, -0.1) is 0 Å². The molecule has 1 saturated heterocycles. The monoisotopic (exact) mass is 632 g/mol. The zero-order chi connectivity index (χ0) is 32.9. The van der Waals surface area contributed by atoms with Gasteiger partial charge in [-0.2, -0.15) is 0 Å². The lowest BCUT2D eigenvalue weighted by atomic mass is 9.33. The number of rotatable bonds is 4.